The van der Waals surface area contributed by atoms with Gasteiger partial charge in [-0.3, -0.25) is 9.59 Å². The van der Waals surface area contributed by atoms with Crippen molar-refractivity contribution in [2.75, 3.05) is 0 Å². The van der Waals surface area contributed by atoms with Crippen LogP contribution in [0.5, 0.6) is 0 Å². The molecule has 3 unspecified atom stereocenters. The number of amides is 2. The molecule has 21 heavy (non-hydrogen) atoms. The first-order valence-corrected chi connectivity index (χ1v) is 7.50. The van der Waals surface area contributed by atoms with Crippen molar-refractivity contribution in [2.45, 2.75) is 63.1 Å². The average molecular weight is 297 g/mol. The summed E-state index contributed by atoms with van der Waals surface area (Å²) >= 11 is 0. The maximum atomic E-state index is 12.0. The highest BCUT2D eigenvalue weighted by atomic mass is 16.4. The summed E-state index contributed by atoms with van der Waals surface area (Å²) in [7, 11) is 0. The van der Waals surface area contributed by atoms with Gasteiger partial charge < -0.3 is 21.5 Å². The minimum atomic E-state index is -1.13. The Balaban J connectivity index is 1.79. The van der Waals surface area contributed by atoms with Gasteiger partial charge in [0.05, 0.1) is 0 Å². The SMILES string of the molecule is NC(=O)CCC(NC(=O)CC1CC2CCC(C1)N2)C(=O)O. The molecule has 0 aromatic heterocycles. The summed E-state index contributed by atoms with van der Waals surface area (Å²) in [5, 5.41) is 15.1. The molecule has 2 heterocycles. The molecule has 2 aliphatic rings. The van der Waals surface area contributed by atoms with Crippen LogP contribution in [0, 0.1) is 5.92 Å². The Morgan fingerprint density at radius 3 is 2.38 bits per heavy atom. The number of carbonyl (C=O) groups is 3. The lowest BCUT2D eigenvalue weighted by molar-refractivity contribution is -0.142. The molecular weight excluding hydrogens is 274 g/mol. The van der Waals surface area contributed by atoms with Crippen molar-refractivity contribution in [3.05, 3.63) is 0 Å². The fourth-order valence-electron chi connectivity index (χ4n) is 3.40. The van der Waals surface area contributed by atoms with Gasteiger partial charge in [-0.15, -0.1) is 0 Å². The van der Waals surface area contributed by atoms with E-state index in [-0.39, 0.29) is 18.7 Å². The van der Waals surface area contributed by atoms with E-state index < -0.39 is 17.9 Å². The zero-order valence-electron chi connectivity index (χ0n) is 12.0. The Morgan fingerprint density at radius 2 is 1.86 bits per heavy atom. The number of carboxylic acid groups (broad SMARTS) is 1. The highest BCUT2D eigenvalue weighted by molar-refractivity contribution is 5.84. The van der Waals surface area contributed by atoms with Crippen LogP contribution in [0.3, 0.4) is 0 Å². The Morgan fingerprint density at radius 1 is 1.24 bits per heavy atom. The highest BCUT2D eigenvalue weighted by Gasteiger charge is 2.34. The number of hydrogen-bond donors (Lipinski definition) is 4. The van der Waals surface area contributed by atoms with Crippen molar-refractivity contribution in [1.82, 2.24) is 10.6 Å². The van der Waals surface area contributed by atoms with E-state index in [0.717, 1.165) is 12.8 Å². The van der Waals surface area contributed by atoms with Gasteiger partial charge in [0.1, 0.15) is 6.04 Å². The zero-order valence-corrected chi connectivity index (χ0v) is 12.0. The second-order valence-electron chi connectivity index (χ2n) is 6.14. The van der Waals surface area contributed by atoms with Gasteiger partial charge in [0.2, 0.25) is 11.8 Å². The molecule has 0 aromatic rings. The minimum absolute atomic E-state index is 0.0356. The molecule has 0 radical (unpaired) electrons. The first-order chi connectivity index (χ1) is 9.94. The number of nitrogens with two attached hydrogens (primary N) is 1. The monoisotopic (exact) mass is 297 g/mol. The number of rotatable bonds is 7. The number of aliphatic carboxylic acids is 1. The van der Waals surface area contributed by atoms with E-state index in [1.54, 1.807) is 0 Å². The summed E-state index contributed by atoms with van der Waals surface area (Å²) in [5.41, 5.74) is 5.01. The second kappa shape index (κ2) is 6.89. The van der Waals surface area contributed by atoms with Crippen LogP contribution < -0.4 is 16.4 Å². The molecule has 0 aromatic carbocycles. The maximum Gasteiger partial charge on any atom is 0.326 e. The van der Waals surface area contributed by atoms with E-state index in [4.69, 9.17) is 10.8 Å². The standard InChI is InChI=1S/C14H23N3O4/c15-12(18)4-3-11(14(20)21)17-13(19)7-8-5-9-1-2-10(6-8)16-9/h8-11,16H,1-7H2,(H2,15,18)(H,17,19)(H,20,21). The molecule has 5 N–H and O–H groups in total. The minimum Gasteiger partial charge on any atom is -0.480 e. The Kier molecular flexibility index (Phi) is 5.17. The van der Waals surface area contributed by atoms with Crippen molar-refractivity contribution < 1.29 is 19.5 Å². The van der Waals surface area contributed by atoms with E-state index >= 15 is 0 Å². The molecule has 3 atom stereocenters. The fraction of sp³-hybridized carbons (Fsp3) is 0.786. The molecule has 2 amide bonds. The lowest BCUT2D eigenvalue weighted by Crippen LogP contribution is -2.44. The first-order valence-electron chi connectivity index (χ1n) is 7.50. The first kappa shape index (κ1) is 15.8. The molecule has 2 fully saturated rings. The van der Waals surface area contributed by atoms with E-state index in [1.165, 1.54) is 12.8 Å². The van der Waals surface area contributed by atoms with Gasteiger partial charge in [-0.05, 0) is 38.0 Å². The van der Waals surface area contributed by atoms with Crippen LogP contribution in [0.25, 0.3) is 0 Å². The summed E-state index contributed by atoms with van der Waals surface area (Å²) in [6, 6.07) is -0.0261. The summed E-state index contributed by atoms with van der Waals surface area (Å²) in [6.45, 7) is 0. The number of hydrogen-bond acceptors (Lipinski definition) is 4. The van der Waals surface area contributed by atoms with Gasteiger partial charge in [-0.1, -0.05) is 0 Å². The number of nitrogens with one attached hydrogen (secondary N) is 2. The largest absolute Gasteiger partial charge is 0.480 e. The van der Waals surface area contributed by atoms with Crippen molar-refractivity contribution in [3.8, 4) is 0 Å². The van der Waals surface area contributed by atoms with E-state index in [1.807, 2.05) is 0 Å². The predicted molar refractivity (Wildman–Crippen MR) is 75.3 cm³/mol. The molecule has 2 aliphatic heterocycles. The van der Waals surface area contributed by atoms with Crippen LogP contribution in [0.4, 0.5) is 0 Å². The smallest absolute Gasteiger partial charge is 0.326 e. The quantitative estimate of drug-likeness (QED) is 0.516. The zero-order chi connectivity index (χ0) is 15.4. The Bertz CT molecular complexity index is 414. The molecule has 0 aliphatic carbocycles. The molecule has 7 nitrogen and oxygen atoms in total. The predicted octanol–water partition coefficient (Wildman–Crippen LogP) is -0.258. The van der Waals surface area contributed by atoms with Crippen molar-refractivity contribution >= 4 is 17.8 Å². The van der Waals surface area contributed by atoms with Gasteiger partial charge in [0.15, 0.2) is 0 Å². The molecule has 0 saturated carbocycles. The number of carboxylic acids is 1. The van der Waals surface area contributed by atoms with Gasteiger partial charge in [0, 0.05) is 24.9 Å². The van der Waals surface area contributed by atoms with E-state index in [0.29, 0.717) is 24.4 Å². The second-order valence-corrected chi connectivity index (χ2v) is 6.14. The van der Waals surface area contributed by atoms with Crippen LogP contribution in [-0.2, 0) is 14.4 Å². The maximum absolute atomic E-state index is 12.0. The average Bonchev–Trinajstić information content (AvgIpc) is 2.73. The lowest BCUT2D eigenvalue weighted by atomic mass is 9.89. The van der Waals surface area contributed by atoms with E-state index in [9.17, 15) is 14.4 Å². The molecule has 7 heteroatoms. The number of fused-ring (bicyclic) bond motifs is 2. The van der Waals surface area contributed by atoms with E-state index in [2.05, 4.69) is 10.6 Å². The number of carbonyl (C=O) groups excluding carboxylic acids is 2. The summed E-state index contributed by atoms with van der Waals surface area (Å²) in [4.78, 5) is 33.8. The number of primary amides is 1. The van der Waals surface area contributed by atoms with Crippen LogP contribution in [-0.4, -0.2) is 41.0 Å². The summed E-state index contributed by atoms with van der Waals surface area (Å²) in [5.74, 6) is -1.63. The fourth-order valence-corrected chi connectivity index (χ4v) is 3.40. The Hall–Kier alpha value is -1.63. The molecule has 2 bridgehead atoms. The third-order valence-corrected chi connectivity index (χ3v) is 4.36. The lowest BCUT2D eigenvalue weighted by Gasteiger charge is -2.29. The summed E-state index contributed by atoms with van der Waals surface area (Å²) in [6.07, 6.45) is 4.63. The number of piperidine rings is 1. The van der Waals surface area contributed by atoms with Crippen LogP contribution in [0.1, 0.15) is 44.9 Å². The molecule has 2 saturated heterocycles. The molecular formula is C14H23N3O4. The molecule has 2 rings (SSSR count). The van der Waals surface area contributed by atoms with Crippen LogP contribution in [0.2, 0.25) is 0 Å². The van der Waals surface area contributed by atoms with Crippen molar-refractivity contribution in [3.63, 3.8) is 0 Å². The van der Waals surface area contributed by atoms with Crippen molar-refractivity contribution in [1.29, 1.82) is 0 Å². The van der Waals surface area contributed by atoms with Crippen molar-refractivity contribution in [2.24, 2.45) is 11.7 Å². The van der Waals surface area contributed by atoms with Gasteiger partial charge in [0.25, 0.3) is 0 Å². The normalized spacial score (nSPS) is 28.9. The third-order valence-electron chi connectivity index (χ3n) is 4.36. The van der Waals surface area contributed by atoms with Gasteiger partial charge in [-0.2, -0.15) is 0 Å². The third kappa shape index (κ3) is 4.70. The highest BCUT2D eigenvalue weighted by Crippen LogP contribution is 2.32. The summed E-state index contributed by atoms with van der Waals surface area (Å²) < 4.78 is 0. The van der Waals surface area contributed by atoms with Crippen LogP contribution in [0.15, 0.2) is 0 Å². The van der Waals surface area contributed by atoms with Crippen LogP contribution >= 0.6 is 0 Å². The topological polar surface area (TPSA) is 122 Å². The molecule has 0 spiro atoms. The Labute approximate surface area is 123 Å². The molecule has 118 valence electrons. The van der Waals surface area contributed by atoms with Gasteiger partial charge in [-0.25, -0.2) is 4.79 Å². The van der Waals surface area contributed by atoms with Gasteiger partial charge >= 0.3 is 5.97 Å².